The highest BCUT2D eigenvalue weighted by Crippen LogP contribution is 2.36. The highest BCUT2D eigenvalue weighted by molar-refractivity contribution is 8.14. The van der Waals surface area contributed by atoms with Crippen molar-refractivity contribution in [1.29, 1.82) is 0 Å². The smallest absolute Gasteiger partial charge is 0.157 e. The van der Waals surface area contributed by atoms with Crippen LogP contribution >= 0.6 is 23.1 Å². The first-order valence-electron chi connectivity index (χ1n) is 7.59. The molecule has 1 N–H and O–H groups in total. The monoisotopic (exact) mass is 308 g/mol. The van der Waals surface area contributed by atoms with Gasteiger partial charge in [-0.25, -0.2) is 0 Å². The standard InChI is InChI=1S/C16H24N2S2/c1-15(2,13-7-6-10-19-13)11-17-14-18-16(12-20-14)8-4-3-5-9-16/h6-7,10H,3-5,8-9,11-12H2,1-2H3,(H,17,18). The van der Waals surface area contributed by atoms with E-state index in [0.717, 1.165) is 6.54 Å². The second-order valence-corrected chi connectivity index (χ2v) is 8.65. The molecule has 1 aliphatic heterocycles. The van der Waals surface area contributed by atoms with Gasteiger partial charge in [-0.1, -0.05) is 50.9 Å². The van der Waals surface area contributed by atoms with E-state index in [1.807, 2.05) is 23.1 Å². The SMILES string of the molecule is CC(C)(CN=C1NC2(CCCCC2)CS1)c1cccs1. The van der Waals surface area contributed by atoms with Crippen molar-refractivity contribution in [3.63, 3.8) is 0 Å². The number of nitrogens with zero attached hydrogens (tertiary/aromatic N) is 1. The van der Waals surface area contributed by atoms with Gasteiger partial charge in [0.15, 0.2) is 5.17 Å². The lowest BCUT2D eigenvalue weighted by Crippen LogP contribution is -2.45. The minimum Gasteiger partial charge on any atom is -0.359 e. The van der Waals surface area contributed by atoms with Gasteiger partial charge in [0.1, 0.15) is 0 Å². The molecule has 2 heterocycles. The van der Waals surface area contributed by atoms with E-state index in [4.69, 9.17) is 4.99 Å². The van der Waals surface area contributed by atoms with Crippen LogP contribution in [0.3, 0.4) is 0 Å². The topological polar surface area (TPSA) is 24.4 Å². The number of aliphatic imine (C=N–C) groups is 1. The fourth-order valence-electron chi connectivity index (χ4n) is 3.10. The second-order valence-electron chi connectivity index (χ2n) is 6.74. The minimum atomic E-state index is 0.145. The number of nitrogens with one attached hydrogen (secondary N) is 1. The average molecular weight is 309 g/mol. The molecular weight excluding hydrogens is 284 g/mol. The molecule has 0 radical (unpaired) electrons. The lowest BCUT2D eigenvalue weighted by atomic mass is 9.83. The molecule has 2 nitrogen and oxygen atoms in total. The molecule has 1 aliphatic carbocycles. The van der Waals surface area contributed by atoms with E-state index in [-0.39, 0.29) is 5.41 Å². The number of thioether (sulfide) groups is 1. The molecule has 4 heteroatoms. The molecule has 1 aromatic heterocycles. The predicted molar refractivity (Wildman–Crippen MR) is 91.1 cm³/mol. The number of hydrogen-bond acceptors (Lipinski definition) is 3. The molecule has 0 unspecified atom stereocenters. The van der Waals surface area contributed by atoms with Crippen LogP contribution in [-0.4, -0.2) is 23.0 Å². The van der Waals surface area contributed by atoms with Gasteiger partial charge in [0.05, 0.1) is 6.54 Å². The van der Waals surface area contributed by atoms with Crippen molar-refractivity contribution in [2.75, 3.05) is 12.3 Å². The summed E-state index contributed by atoms with van der Waals surface area (Å²) < 4.78 is 0. The number of amidine groups is 1. The number of thiophene rings is 1. The van der Waals surface area contributed by atoms with Crippen LogP contribution in [-0.2, 0) is 5.41 Å². The van der Waals surface area contributed by atoms with Gasteiger partial charge in [0, 0.05) is 21.6 Å². The van der Waals surface area contributed by atoms with Gasteiger partial charge >= 0.3 is 0 Å². The lowest BCUT2D eigenvalue weighted by Gasteiger charge is -2.32. The molecule has 2 fully saturated rings. The highest BCUT2D eigenvalue weighted by atomic mass is 32.2. The first-order valence-corrected chi connectivity index (χ1v) is 9.46. The lowest BCUT2D eigenvalue weighted by molar-refractivity contribution is 0.303. The Labute approximate surface area is 130 Å². The van der Waals surface area contributed by atoms with Crippen molar-refractivity contribution in [2.24, 2.45) is 4.99 Å². The second kappa shape index (κ2) is 5.72. The average Bonchev–Trinajstić information content (AvgIpc) is 3.08. The Kier molecular flexibility index (Phi) is 4.14. The summed E-state index contributed by atoms with van der Waals surface area (Å²) >= 11 is 3.77. The molecule has 0 amide bonds. The zero-order valence-corrected chi connectivity index (χ0v) is 14.1. The summed E-state index contributed by atoms with van der Waals surface area (Å²) in [6.45, 7) is 5.46. The fourth-order valence-corrected chi connectivity index (χ4v) is 5.16. The van der Waals surface area contributed by atoms with E-state index in [9.17, 15) is 0 Å². The third kappa shape index (κ3) is 3.06. The van der Waals surface area contributed by atoms with Crippen LogP contribution in [0, 0.1) is 0 Å². The zero-order valence-electron chi connectivity index (χ0n) is 12.4. The summed E-state index contributed by atoms with van der Waals surface area (Å²) in [7, 11) is 0. The normalized spacial score (nSPS) is 24.2. The molecule has 0 atom stereocenters. The summed E-state index contributed by atoms with van der Waals surface area (Å²) in [5.74, 6) is 1.21. The first kappa shape index (κ1) is 14.5. The van der Waals surface area contributed by atoms with E-state index in [2.05, 4.69) is 36.7 Å². The molecule has 2 aliphatic rings. The third-order valence-electron chi connectivity index (χ3n) is 4.47. The Morgan fingerprint density at radius 2 is 2.10 bits per heavy atom. The van der Waals surface area contributed by atoms with Crippen molar-refractivity contribution in [1.82, 2.24) is 5.32 Å². The number of hydrogen-bond donors (Lipinski definition) is 1. The Balaban J connectivity index is 1.63. The molecule has 1 aromatic rings. The minimum absolute atomic E-state index is 0.145. The third-order valence-corrected chi connectivity index (χ3v) is 6.91. The molecule has 20 heavy (non-hydrogen) atoms. The Morgan fingerprint density at radius 3 is 2.80 bits per heavy atom. The molecule has 110 valence electrons. The van der Waals surface area contributed by atoms with Crippen LogP contribution in [0.2, 0.25) is 0 Å². The van der Waals surface area contributed by atoms with E-state index in [1.165, 1.54) is 47.9 Å². The Morgan fingerprint density at radius 1 is 1.30 bits per heavy atom. The predicted octanol–water partition coefficient (Wildman–Crippen LogP) is 4.42. The van der Waals surface area contributed by atoms with Gasteiger partial charge in [0.2, 0.25) is 0 Å². The largest absolute Gasteiger partial charge is 0.359 e. The van der Waals surface area contributed by atoms with Gasteiger partial charge in [0.25, 0.3) is 0 Å². The molecule has 1 spiro atoms. The summed E-state index contributed by atoms with van der Waals surface area (Å²) in [6.07, 6.45) is 6.82. The molecule has 1 saturated carbocycles. The zero-order chi connectivity index (χ0) is 14.1. The summed E-state index contributed by atoms with van der Waals surface area (Å²) in [4.78, 5) is 6.30. The van der Waals surface area contributed by atoms with Gasteiger partial charge in [-0.3, -0.25) is 4.99 Å². The van der Waals surface area contributed by atoms with Gasteiger partial charge < -0.3 is 5.32 Å². The molecule has 1 saturated heterocycles. The summed E-state index contributed by atoms with van der Waals surface area (Å²) in [6, 6.07) is 4.36. The van der Waals surface area contributed by atoms with Crippen LogP contribution in [0.15, 0.2) is 22.5 Å². The highest BCUT2D eigenvalue weighted by Gasteiger charge is 2.38. The maximum Gasteiger partial charge on any atom is 0.157 e. The van der Waals surface area contributed by atoms with E-state index in [0.29, 0.717) is 5.54 Å². The summed E-state index contributed by atoms with van der Waals surface area (Å²) in [5.41, 5.74) is 0.514. The van der Waals surface area contributed by atoms with Crippen LogP contribution < -0.4 is 5.32 Å². The van der Waals surface area contributed by atoms with Crippen molar-refractivity contribution < 1.29 is 0 Å². The van der Waals surface area contributed by atoms with E-state index < -0.39 is 0 Å². The van der Waals surface area contributed by atoms with Gasteiger partial charge in [-0.05, 0) is 24.3 Å². The van der Waals surface area contributed by atoms with Crippen molar-refractivity contribution >= 4 is 28.3 Å². The van der Waals surface area contributed by atoms with Gasteiger partial charge in [-0.2, -0.15) is 0 Å². The van der Waals surface area contributed by atoms with Crippen LogP contribution in [0.25, 0.3) is 0 Å². The van der Waals surface area contributed by atoms with Crippen LogP contribution in [0.4, 0.5) is 0 Å². The van der Waals surface area contributed by atoms with E-state index in [1.54, 1.807) is 0 Å². The number of rotatable bonds is 3. The molecule has 0 bridgehead atoms. The van der Waals surface area contributed by atoms with Crippen molar-refractivity contribution in [3.05, 3.63) is 22.4 Å². The van der Waals surface area contributed by atoms with E-state index >= 15 is 0 Å². The maximum absolute atomic E-state index is 4.88. The van der Waals surface area contributed by atoms with Crippen LogP contribution in [0.1, 0.15) is 50.8 Å². The van der Waals surface area contributed by atoms with Crippen LogP contribution in [0.5, 0.6) is 0 Å². The summed E-state index contributed by atoms with van der Waals surface area (Å²) in [5, 5.41) is 7.07. The van der Waals surface area contributed by atoms with Gasteiger partial charge in [-0.15, -0.1) is 11.3 Å². The quantitative estimate of drug-likeness (QED) is 0.894. The first-order chi connectivity index (χ1) is 9.60. The molecule has 0 aromatic carbocycles. The maximum atomic E-state index is 4.88. The molecular formula is C16H24N2S2. The van der Waals surface area contributed by atoms with Crippen molar-refractivity contribution in [2.45, 2.75) is 56.9 Å². The Hall–Kier alpha value is -0.480. The fraction of sp³-hybridized carbons (Fsp3) is 0.688. The molecule has 3 rings (SSSR count). The van der Waals surface area contributed by atoms with Crippen molar-refractivity contribution in [3.8, 4) is 0 Å². The Bertz CT molecular complexity index is 471.